The van der Waals surface area contributed by atoms with Gasteiger partial charge in [-0.15, -0.1) is 0 Å². The van der Waals surface area contributed by atoms with Gasteiger partial charge in [-0.2, -0.15) is 10.2 Å². The molecule has 4 rings (SSSR count). The highest BCUT2D eigenvalue weighted by molar-refractivity contribution is 7.80. The first kappa shape index (κ1) is 21.6. The molecule has 0 aliphatic rings. The molecule has 32 heavy (non-hydrogen) atoms. The number of aromatic nitrogens is 4. The molecule has 2 aromatic heterocycles. The third-order valence-corrected chi connectivity index (χ3v) is 5.21. The van der Waals surface area contributed by atoms with Crippen molar-refractivity contribution in [2.45, 2.75) is 26.9 Å². The van der Waals surface area contributed by atoms with Crippen LogP contribution in [-0.2, 0) is 13.1 Å². The van der Waals surface area contributed by atoms with Gasteiger partial charge in [0.05, 0.1) is 30.2 Å². The molecule has 0 bridgehead atoms. The van der Waals surface area contributed by atoms with Crippen LogP contribution in [0.1, 0.15) is 22.5 Å². The lowest BCUT2D eigenvalue weighted by atomic mass is 10.2. The molecule has 0 saturated carbocycles. The maximum atomic E-state index is 13.1. The number of nitrogens with zero attached hydrogens (tertiary/aromatic N) is 4. The van der Waals surface area contributed by atoms with Crippen molar-refractivity contribution in [1.29, 1.82) is 0 Å². The SMILES string of the molecule is Cc1nn(Cc2ccc(F)cc2)c(C)c1NC(=S)Nc1ccn(Cc2ccc(F)cc2)n1. The molecular formula is C23H22F2N6S. The molecule has 0 radical (unpaired) electrons. The van der Waals surface area contributed by atoms with Crippen LogP contribution in [0.3, 0.4) is 0 Å². The van der Waals surface area contributed by atoms with Gasteiger partial charge in [0.15, 0.2) is 10.9 Å². The number of hydrogen-bond donors (Lipinski definition) is 2. The van der Waals surface area contributed by atoms with Crippen LogP contribution < -0.4 is 10.6 Å². The minimum atomic E-state index is -0.264. The molecule has 4 aromatic rings. The monoisotopic (exact) mass is 452 g/mol. The maximum absolute atomic E-state index is 13.1. The van der Waals surface area contributed by atoms with Gasteiger partial charge < -0.3 is 10.6 Å². The van der Waals surface area contributed by atoms with Crippen molar-refractivity contribution in [2.75, 3.05) is 10.6 Å². The van der Waals surface area contributed by atoms with Crippen LogP contribution in [0.25, 0.3) is 0 Å². The van der Waals surface area contributed by atoms with Gasteiger partial charge in [0.2, 0.25) is 0 Å². The van der Waals surface area contributed by atoms with Crippen molar-refractivity contribution in [1.82, 2.24) is 19.6 Å². The molecule has 0 amide bonds. The second kappa shape index (κ2) is 9.27. The average Bonchev–Trinajstić information content (AvgIpc) is 3.30. The Morgan fingerprint density at radius 2 is 1.44 bits per heavy atom. The van der Waals surface area contributed by atoms with Crippen molar-refractivity contribution >= 4 is 28.8 Å². The van der Waals surface area contributed by atoms with Gasteiger partial charge in [0.25, 0.3) is 0 Å². The number of halogens is 2. The van der Waals surface area contributed by atoms with Gasteiger partial charge >= 0.3 is 0 Å². The van der Waals surface area contributed by atoms with Crippen LogP contribution >= 0.6 is 12.2 Å². The number of thiocarbonyl (C=S) groups is 1. The van der Waals surface area contributed by atoms with Crippen molar-refractivity contribution in [3.8, 4) is 0 Å². The van der Waals surface area contributed by atoms with Crippen LogP contribution in [0.2, 0.25) is 0 Å². The highest BCUT2D eigenvalue weighted by atomic mass is 32.1. The Bertz CT molecular complexity index is 1230. The lowest BCUT2D eigenvalue weighted by Crippen LogP contribution is -2.20. The number of aryl methyl sites for hydroxylation is 1. The van der Waals surface area contributed by atoms with Crippen molar-refractivity contribution in [2.24, 2.45) is 0 Å². The topological polar surface area (TPSA) is 59.7 Å². The number of hydrogen-bond acceptors (Lipinski definition) is 3. The molecule has 0 unspecified atom stereocenters. The number of anilines is 2. The van der Waals surface area contributed by atoms with E-state index in [9.17, 15) is 8.78 Å². The van der Waals surface area contributed by atoms with Crippen LogP contribution in [0.4, 0.5) is 20.3 Å². The molecule has 0 atom stereocenters. The van der Waals surface area contributed by atoms with Gasteiger partial charge in [0, 0.05) is 12.3 Å². The van der Waals surface area contributed by atoms with Crippen molar-refractivity contribution in [3.05, 3.63) is 94.9 Å². The van der Waals surface area contributed by atoms with Crippen molar-refractivity contribution < 1.29 is 8.78 Å². The van der Waals surface area contributed by atoms with E-state index in [1.807, 2.05) is 30.8 Å². The standard InChI is InChI=1S/C23H22F2N6S/c1-15-22(16(2)31(28-15)14-18-5-9-20(25)10-6-18)27-23(32)26-21-11-12-30(29-21)13-17-3-7-19(24)8-4-17/h3-12H,13-14H2,1-2H3,(H2,26,27,29,32). The van der Waals surface area contributed by atoms with E-state index in [0.29, 0.717) is 24.0 Å². The van der Waals surface area contributed by atoms with Gasteiger partial charge in [-0.05, 0) is 61.5 Å². The molecule has 6 nitrogen and oxygen atoms in total. The Labute approximate surface area is 189 Å². The van der Waals surface area contributed by atoms with Gasteiger partial charge in [-0.1, -0.05) is 24.3 Å². The van der Waals surface area contributed by atoms with Crippen LogP contribution in [0.15, 0.2) is 60.8 Å². The van der Waals surface area contributed by atoms with Crippen LogP contribution in [0, 0.1) is 25.5 Å². The molecule has 0 aliphatic carbocycles. The van der Waals surface area contributed by atoms with E-state index in [4.69, 9.17) is 12.2 Å². The lowest BCUT2D eigenvalue weighted by Gasteiger charge is -2.10. The molecule has 9 heteroatoms. The molecule has 0 saturated heterocycles. The quantitative estimate of drug-likeness (QED) is 0.409. The summed E-state index contributed by atoms with van der Waals surface area (Å²) in [5.74, 6) is 0.0687. The maximum Gasteiger partial charge on any atom is 0.176 e. The zero-order chi connectivity index (χ0) is 22.7. The first-order chi connectivity index (χ1) is 15.4. The van der Waals surface area contributed by atoms with E-state index < -0.39 is 0 Å². The lowest BCUT2D eigenvalue weighted by molar-refractivity contribution is 0.622. The normalized spacial score (nSPS) is 10.9. The Kier molecular flexibility index (Phi) is 6.27. The molecule has 2 aromatic carbocycles. The number of rotatable bonds is 6. The van der Waals surface area contributed by atoms with Crippen LogP contribution in [0.5, 0.6) is 0 Å². The fraction of sp³-hybridized carbons (Fsp3) is 0.174. The third-order valence-electron chi connectivity index (χ3n) is 5.01. The summed E-state index contributed by atoms with van der Waals surface area (Å²) in [5, 5.41) is 15.7. The van der Waals surface area contributed by atoms with Gasteiger partial charge in [-0.25, -0.2) is 8.78 Å². The zero-order valence-corrected chi connectivity index (χ0v) is 18.5. The summed E-state index contributed by atoms with van der Waals surface area (Å²) in [5.41, 5.74) is 4.43. The number of benzene rings is 2. The predicted molar refractivity (Wildman–Crippen MR) is 125 cm³/mol. The minimum absolute atomic E-state index is 0.263. The highest BCUT2D eigenvalue weighted by Crippen LogP contribution is 2.21. The second-order valence-electron chi connectivity index (χ2n) is 7.43. The summed E-state index contributed by atoms with van der Waals surface area (Å²) in [6.07, 6.45) is 1.82. The fourth-order valence-electron chi connectivity index (χ4n) is 3.35. The third kappa shape index (κ3) is 5.17. The second-order valence-corrected chi connectivity index (χ2v) is 7.84. The Morgan fingerprint density at radius 1 is 0.844 bits per heavy atom. The highest BCUT2D eigenvalue weighted by Gasteiger charge is 2.14. The largest absolute Gasteiger partial charge is 0.329 e. The summed E-state index contributed by atoms with van der Waals surface area (Å²) in [4.78, 5) is 0. The molecule has 164 valence electrons. The van der Waals surface area contributed by atoms with E-state index in [1.165, 1.54) is 24.3 Å². The zero-order valence-electron chi connectivity index (χ0n) is 17.6. The molecule has 2 N–H and O–H groups in total. The van der Waals surface area contributed by atoms with E-state index in [2.05, 4.69) is 20.8 Å². The molecule has 0 fully saturated rings. The number of nitrogens with one attached hydrogen (secondary N) is 2. The summed E-state index contributed by atoms with van der Waals surface area (Å²) >= 11 is 5.45. The van der Waals surface area contributed by atoms with Crippen molar-refractivity contribution in [3.63, 3.8) is 0 Å². The minimum Gasteiger partial charge on any atom is -0.329 e. The Hall–Kier alpha value is -3.59. The summed E-state index contributed by atoms with van der Waals surface area (Å²) in [6, 6.07) is 14.5. The van der Waals surface area contributed by atoms with E-state index in [1.54, 1.807) is 28.9 Å². The smallest absolute Gasteiger partial charge is 0.176 e. The van der Waals surface area contributed by atoms with E-state index in [-0.39, 0.29) is 11.6 Å². The van der Waals surface area contributed by atoms with E-state index >= 15 is 0 Å². The fourth-order valence-corrected chi connectivity index (χ4v) is 3.56. The average molecular weight is 453 g/mol. The first-order valence-electron chi connectivity index (χ1n) is 10.0. The molecule has 0 aliphatic heterocycles. The van der Waals surface area contributed by atoms with Gasteiger partial charge in [-0.3, -0.25) is 9.36 Å². The first-order valence-corrected chi connectivity index (χ1v) is 10.4. The summed E-state index contributed by atoms with van der Waals surface area (Å²) < 4.78 is 29.8. The molecular weight excluding hydrogens is 430 g/mol. The summed E-state index contributed by atoms with van der Waals surface area (Å²) in [7, 11) is 0. The predicted octanol–water partition coefficient (Wildman–Crippen LogP) is 4.88. The van der Waals surface area contributed by atoms with Gasteiger partial charge in [0.1, 0.15) is 11.6 Å². The Morgan fingerprint density at radius 3 is 2.06 bits per heavy atom. The molecule has 2 heterocycles. The van der Waals surface area contributed by atoms with Crippen LogP contribution in [-0.4, -0.2) is 24.7 Å². The molecule has 0 spiro atoms. The summed E-state index contributed by atoms with van der Waals surface area (Å²) in [6.45, 7) is 4.90. The van der Waals surface area contributed by atoms with E-state index in [0.717, 1.165) is 28.2 Å². The Balaban J connectivity index is 1.39.